The van der Waals surface area contributed by atoms with E-state index < -0.39 is 22.0 Å². The van der Waals surface area contributed by atoms with Crippen LogP contribution in [0.4, 0.5) is 0 Å². The summed E-state index contributed by atoms with van der Waals surface area (Å²) in [6.45, 7) is 3.44. The summed E-state index contributed by atoms with van der Waals surface area (Å²) in [5.41, 5.74) is 0. The van der Waals surface area contributed by atoms with E-state index in [9.17, 15) is 18.1 Å². The van der Waals surface area contributed by atoms with Gasteiger partial charge in [-0.2, -0.15) is 0 Å². The second kappa shape index (κ2) is 13.1. The highest BCUT2D eigenvalue weighted by atomic mass is 32.2. The molecule has 0 saturated carbocycles. The van der Waals surface area contributed by atoms with Gasteiger partial charge in [0.2, 0.25) is 0 Å². The van der Waals surface area contributed by atoms with Crippen LogP contribution in [0.1, 0.15) is 77.6 Å². The highest BCUT2D eigenvalue weighted by Crippen LogP contribution is 2.12. The molecule has 0 aromatic rings. The van der Waals surface area contributed by atoms with Crippen LogP contribution in [0.25, 0.3) is 0 Å². The van der Waals surface area contributed by atoms with Gasteiger partial charge in [0.1, 0.15) is 12.6 Å². The molecule has 146 valence electrons. The molecule has 0 aromatic heterocycles. The molecule has 0 heterocycles. The first kappa shape index (κ1) is 23.8. The monoisotopic (exact) mass is 365 g/mol. The highest BCUT2D eigenvalue weighted by Gasteiger charge is 2.21. The van der Waals surface area contributed by atoms with Crippen molar-refractivity contribution < 1.29 is 22.6 Å². The molecular formula is C18H39NO4S. The second-order valence-electron chi connectivity index (χ2n) is 7.76. The van der Waals surface area contributed by atoms with Crippen LogP contribution in [-0.4, -0.2) is 61.6 Å². The molecule has 0 aromatic carbocycles. The molecular weight excluding hydrogens is 326 g/mol. The summed E-state index contributed by atoms with van der Waals surface area (Å²) in [7, 11) is -0.413. The molecule has 24 heavy (non-hydrogen) atoms. The van der Waals surface area contributed by atoms with Gasteiger partial charge in [0.25, 0.3) is 0 Å². The third-order valence-corrected chi connectivity index (χ3v) is 5.26. The van der Waals surface area contributed by atoms with Gasteiger partial charge in [-0.25, -0.2) is 8.42 Å². The van der Waals surface area contributed by atoms with Gasteiger partial charge in [0.05, 0.1) is 36.5 Å². The first-order valence-electron chi connectivity index (χ1n) is 9.60. The van der Waals surface area contributed by atoms with Gasteiger partial charge < -0.3 is 14.1 Å². The van der Waals surface area contributed by atoms with E-state index in [0.717, 1.165) is 13.0 Å². The van der Waals surface area contributed by atoms with E-state index in [2.05, 4.69) is 6.92 Å². The third kappa shape index (κ3) is 16.7. The molecule has 0 fully saturated rings. The Morgan fingerprint density at radius 3 is 1.71 bits per heavy atom. The van der Waals surface area contributed by atoms with Crippen LogP contribution in [0, 0.1) is 0 Å². The van der Waals surface area contributed by atoms with Crippen LogP contribution in [0.2, 0.25) is 0 Å². The quantitative estimate of drug-likeness (QED) is 0.259. The standard InChI is InChI=1S/C18H39NO4S/c1-4-5-6-7-8-9-10-11-12-13-14-15-19(2,3)16-18(20)17-24(21,22)23/h18,20H,4-17H2,1-3H3. The molecule has 0 amide bonds. The molecule has 0 aliphatic heterocycles. The Morgan fingerprint density at radius 1 is 0.875 bits per heavy atom. The number of likely N-dealkylation sites (N-methyl/N-ethyl adjacent to an activating group) is 1. The summed E-state index contributed by atoms with van der Waals surface area (Å²) in [5.74, 6) is -0.688. The van der Waals surface area contributed by atoms with E-state index in [0.29, 0.717) is 11.0 Å². The fraction of sp³-hybridized carbons (Fsp3) is 1.00. The fourth-order valence-corrected chi connectivity index (χ4v) is 3.73. The van der Waals surface area contributed by atoms with E-state index >= 15 is 0 Å². The molecule has 0 spiro atoms. The van der Waals surface area contributed by atoms with Crippen molar-refractivity contribution in [3.63, 3.8) is 0 Å². The highest BCUT2D eigenvalue weighted by molar-refractivity contribution is 7.85. The van der Waals surface area contributed by atoms with E-state index in [-0.39, 0.29) is 0 Å². The smallest absolute Gasteiger partial charge is 0.116 e. The maximum absolute atomic E-state index is 10.7. The summed E-state index contributed by atoms with van der Waals surface area (Å²) in [6.07, 6.45) is 13.2. The fourth-order valence-electron chi connectivity index (χ4n) is 3.15. The molecule has 1 atom stereocenters. The third-order valence-electron chi connectivity index (χ3n) is 4.47. The topological polar surface area (TPSA) is 77.4 Å². The lowest BCUT2D eigenvalue weighted by molar-refractivity contribution is -0.893. The van der Waals surface area contributed by atoms with Crippen molar-refractivity contribution in [3.8, 4) is 0 Å². The molecule has 0 saturated heterocycles. The van der Waals surface area contributed by atoms with Crippen LogP contribution >= 0.6 is 0 Å². The number of rotatable bonds is 16. The number of quaternary nitrogens is 1. The maximum atomic E-state index is 10.7. The Hall–Kier alpha value is -0.170. The van der Waals surface area contributed by atoms with E-state index in [4.69, 9.17) is 0 Å². The van der Waals surface area contributed by atoms with Gasteiger partial charge in [-0.05, 0) is 12.8 Å². The van der Waals surface area contributed by atoms with Crippen LogP contribution in [0.15, 0.2) is 0 Å². The average molecular weight is 366 g/mol. The summed E-state index contributed by atoms with van der Waals surface area (Å²) >= 11 is 0. The van der Waals surface area contributed by atoms with Crippen molar-refractivity contribution in [2.24, 2.45) is 0 Å². The van der Waals surface area contributed by atoms with Gasteiger partial charge in [0, 0.05) is 0 Å². The van der Waals surface area contributed by atoms with Gasteiger partial charge in [0.15, 0.2) is 0 Å². The number of nitrogens with zero attached hydrogens (tertiary/aromatic N) is 1. The van der Waals surface area contributed by atoms with E-state index in [1.54, 1.807) is 0 Å². The zero-order valence-corrected chi connectivity index (χ0v) is 16.8. The number of aliphatic hydroxyl groups is 1. The summed E-state index contributed by atoms with van der Waals surface area (Å²) in [5, 5.41) is 9.70. The van der Waals surface area contributed by atoms with Crippen molar-refractivity contribution in [3.05, 3.63) is 0 Å². The Labute approximate surface area is 149 Å². The van der Waals surface area contributed by atoms with E-state index in [1.807, 2.05) is 14.1 Å². The van der Waals surface area contributed by atoms with Crippen molar-refractivity contribution in [1.29, 1.82) is 0 Å². The van der Waals surface area contributed by atoms with Gasteiger partial charge in [-0.1, -0.05) is 64.7 Å². The maximum Gasteiger partial charge on any atom is 0.116 e. The molecule has 1 unspecified atom stereocenters. The van der Waals surface area contributed by atoms with Crippen molar-refractivity contribution in [1.82, 2.24) is 0 Å². The predicted octanol–water partition coefficient (Wildman–Crippen LogP) is 3.28. The van der Waals surface area contributed by atoms with Crippen LogP contribution < -0.4 is 0 Å². The first-order chi connectivity index (χ1) is 11.2. The average Bonchev–Trinajstić information content (AvgIpc) is 2.41. The minimum absolute atomic E-state index is 0.305. The first-order valence-corrected chi connectivity index (χ1v) is 11.2. The Bertz CT molecular complexity index is 396. The summed E-state index contributed by atoms with van der Waals surface area (Å²) in [4.78, 5) is 0. The molecule has 6 heteroatoms. The lowest BCUT2D eigenvalue weighted by Gasteiger charge is -2.32. The minimum atomic E-state index is -4.35. The minimum Gasteiger partial charge on any atom is -0.748 e. The van der Waals surface area contributed by atoms with E-state index in [1.165, 1.54) is 64.2 Å². The molecule has 0 aliphatic rings. The van der Waals surface area contributed by atoms with Crippen LogP contribution in [0.3, 0.4) is 0 Å². The lowest BCUT2D eigenvalue weighted by Crippen LogP contribution is -2.47. The zero-order chi connectivity index (χ0) is 18.5. The normalized spacial score (nSPS) is 14.0. The summed E-state index contributed by atoms with van der Waals surface area (Å²) < 4.78 is 32.5. The zero-order valence-electron chi connectivity index (χ0n) is 16.0. The van der Waals surface area contributed by atoms with Crippen LogP contribution in [-0.2, 0) is 10.1 Å². The number of hydrogen-bond acceptors (Lipinski definition) is 4. The lowest BCUT2D eigenvalue weighted by atomic mass is 10.1. The molecule has 0 aliphatic carbocycles. The molecule has 1 N–H and O–H groups in total. The molecule has 5 nitrogen and oxygen atoms in total. The van der Waals surface area contributed by atoms with Gasteiger partial charge >= 0.3 is 0 Å². The second-order valence-corrected chi connectivity index (χ2v) is 9.20. The number of aliphatic hydroxyl groups excluding tert-OH is 1. The molecule has 0 bridgehead atoms. The molecule has 0 rings (SSSR count). The van der Waals surface area contributed by atoms with Crippen molar-refractivity contribution in [2.75, 3.05) is 32.9 Å². The Morgan fingerprint density at radius 2 is 1.29 bits per heavy atom. The Kier molecular flexibility index (Phi) is 13.0. The van der Waals surface area contributed by atoms with Crippen molar-refractivity contribution in [2.45, 2.75) is 83.7 Å². The largest absolute Gasteiger partial charge is 0.748 e. The van der Waals surface area contributed by atoms with Crippen LogP contribution in [0.5, 0.6) is 0 Å². The van der Waals surface area contributed by atoms with Gasteiger partial charge in [-0.3, -0.25) is 0 Å². The van der Waals surface area contributed by atoms with Crippen molar-refractivity contribution >= 4 is 10.1 Å². The molecule has 0 radical (unpaired) electrons. The Balaban J connectivity index is 3.58. The predicted molar refractivity (Wildman–Crippen MR) is 98.9 cm³/mol. The number of unbranched alkanes of at least 4 members (excludes halogenated alkanes) is 10. The SMILES string of the molecule is CCCCCCCCCCCCC[N+](C)(C)CC(O)CS(=O)(=O)[O-]. The summed E-state index contributed by atoms with van der Waals surface area (Å²) in [6, 6.07) is 0. The number of hydrogen-bond donors (Lipinski definition) is 1. The van der Waals surface area contributed by atoms with Gasteiger partial charge in [-0.15, -0.1) is 0 Å².